The van der Waals surface area contributed by atoms with E-state index in [-0.39, 0.29) is 0 Å². The van der Waals surface area contributed by atoms with Crippen molar-refractivity contribution in [2.24, 2.45) is 11.8 Å². The van der Waals surface area contributed by atoms with Crippen LogP contribution in [-0.4, -0.2) is 4.33 Å². The Morgan fingerprint density at radius 3 is 1.27 bits per heavy atom. The summed E-state index contributed by atoms with van der Waals surface area (Å²) in [7, 11) is 0. The first kappa shape index (κ1) is 12.0. The van der Waals surface area contributed by atoms with Crippen LogP contribution < -0.4 is 0 Å². The second kappa shape index (κ2) is 5.27. The summed E-state index contributed by atoms with van der Waals surface area (Å²) in [6, 6.07) is 0. The van der Waals surface area contributed by atoms with Crippen LogP contribution in [-0.2, 0) is 0 Å². The quantitative estimate of drug-likeness (QED) is 0.581. The molecule has 0 aromatic carbocycles. The van der Waals surface area contributed by atoms with Gasteiger partial charge in [-0.05, 0) is 37.5 Å². The lowest BCUT2D eigenvalue weighted by atomic mass is 9.77. The molecule has 0 unspecified atom stereocenters. The molecule has 0 aromatic rings. The molecule has 0 amide bonds. The van der Waals surface area contributed by atoms with Crippen molar-refractivity contribution in [3.63, 3.8) is 0 Å². The van der Waals surface area contributed by atoms with Crippen LogP contribution in [0.5, 0.6) is 0 Å². The van der Waals surface area contributed by atoms with Crippen LogP contribution in [0.4, 0.5) is 0 Å². The van der Waals surface area contributed by atoms with E-state index in [1.165, 1.54) is 64.2 Å². The van der Waals surface area contributed by atoms with Gasteiger partial charge in [-0.1, -0.05) is 38.5 Å². The lowest BCUT2D eigenvalue weighted by Gasteiger charge is -2.40. The highest BCUT2D eigenvalue weighted by atomic mass is 35.5. The summed E-state index contributed by atoms with van der Waals surface area (Å²) >= 11 is 13.3. The minimum absolute atomic E-state index is 0.416. The molecule has 2 heteroatoms. The van der Waals surface area contributed by atoms with Gasteiger partial charge in [-0.15, -0.1) is 23.2 Å². The van der Waals surface area contributed by atoms with Gasteiger partial charge in [-0.2, -0.15) is 0 Å². The topological polar surface area (TPSA) is 0 Å². The van der Waals surface area contributed by atoms with E-state index < -0.39 is 4.33 Å². The number of rotatable bonds is 2. The molecule has 88 valence electrons. The van der Waals surface area contributed by atoms with Gasteiger partial charge in [-0.25, -0.2) is 0 Å². The van der Waals surface area contributed by atoms with E-state index in [1.54, 1.807) is 0 Å². The van der Waals surface area contributed by atoms with Gasteiger partial charge in [0.05, 0.1) is 0 Å². The van der Waals surface area contributed by atoms with Gasteiger partial charge in [0.25, 0.3) is 0 Å². The monoisotopic (exact) mass is 248 g/mol. The third-order valence-corrected chi connectivity index (χ3v) is 5.53. The zero-order valence-corrected chi connectivity index (χ0v) is 11.0. The highest BCUT2D eigenvalue weighted by molar-refractivity contribution is 6.48. The van der Waals surface area contributed by atoms with Crippen molar-refractivity contribution >= 4 is 23.2 Å². The first-order valence-corrected chi connectivity index (χ1v) is 7.34. The van der Waals surface area contributed by atoms with E-state index >= 15 is 0 Å². The molecule has 0 atom stereocenters. The maximum absolute atomic E-state index is 6.66. The standard InChI is InChI=1S/C13H22Cl2/c14-13(15,11-7-3-1-4-8-11)12-9-5-2-6-10-12/h11-12H,1-10H2. The van der Waals surface area contributed by atoms with Crippen molar-refractivity contribution in [3.8, 4) is 0 Å². The molecule has 2 saturated carbocycles. The first-order valence-electron chi connectivity index (χ1n) is 6.59. The summed E-state index contributed by atoms with van der Waals surface area (Å²) < 4.78 is -0.416. The zero-order chi connectivity index (χ0) is 10.7. The van der Waals surface area contributed by atoms with Crippen molar-refractivity contribution in [3.05, 3.63) is 0 Å². The van der Waals surface area contributed by atoms with Crippen LogP contribution in [0.2, 0.25) is 0 Å². The molecule has 0 heterocycles. The van der Waals surface area contributed by atoms with Crippen molar-refractivity contribution in [2.45, 2.75) is 68.5 Å². The maximum atomic E-state index is 6.66. The van der Waals surface area contributed by atoms with E-state index in [4.69, 9.17) is 23.2 Å². The van der Waals surface area contributed by atoms with E-state index in [9.17, 15) is 0 Å². The summed E-state index contributed by atoms with van der Waals surface area (Å²) in [5, 5.41) is 0. The largest absolute Gasteiger partial charge is 0.123 e. The van der Waals surface area contributed by atoms with Gasteiger partial charge in [0.1, 0.15) is 4.33 Å². The molecular weight excluding hydrogens is 227 g/mol. The van der Waals surface area contributed by atoms with Crippen molar-refractivity contribution < 1.29 is 0 Å². The highest BCUT2D eigenvalue weighted by Crippen LogP contribution is 2.49. The molecule has 2 fully saturated rings. The third kappa shape index (κ3) is 2.82. The molecular formula is C13H22Cl2. The Hall–Kier alpha value is 0.580. The van der Waals surface area contributed by atoms with E-state index in [1.807, 2.05) is 0 Å². The molecule has 15 heavy (non-hydrogen) atoms. The van der Waals surface area contributed by atoms with E-state index in [2.05, 4.69) is 0 Å². The Kier molecular flexibility index (Phi) is 4.24. The van der Waals surface area contributed by atoms with Crippen LogP contribution in [0.25, 0.3) is 0 Å². The van der Waals surface area contributed by atoms with Crippen molar-refractivity contribution in [2.75, 3.05) is 0 Å². The number of halogens is 2. The fourth-order valence-electron chi connectivity index (χ4n) is 3.31. The number of hydrogen-bond donors (Lipinski definition) is 0. The molecule has 0 N–H and O–H groups in total. The predicted octanol–water partition coefficient (Wildman–Crippen LogP) is 5.32. The molecule has 0 bridgehead atoms. The number of alkyl halides is 2. The lowest BCUT2D eigenvalue weighted by Crippen LogP contribution is -2.36. The van der Waals surface area contributed by atoms with Gasteiger partial charge in [0, 0.05) is 0 Å². The Balaban J connectivity index is 1.96. The maximum Gasteiger partial charge on any atom is 0.123 e. The summed E-state index contributed by atoms with van der Waals surface area (Å²) in [6.45, 7) is 0. The molecule has 0 aliphatic heterocycles. The van der Waals surface area contributed by atoms with E-state index in [0.717, 1.165) is 0 Å². The lowest BCUT2D eigenvalue weighted by molar-refractivity contribution is 0.226. The summed E-state index contributed by atoms with van der Waals surface area (Å²) in [4.78, 5) is 0. The van der Waals surface area contributed by atoms with Crippen LogP contribution in [0.3, 0.4) is 0 Å². The SMILES string of the molecule is ClC(Cl)(C1CCCCC1)C1CCCCC1. The molecule has 2 aliphatic carbocycles. The second-order valence-corrected chi connectivity index (χ2v) is 6.79. The highest BCUT2D eigenvalue weighted by Gasteiger charge is 2.42. The average Bonchev–Trinajstić information content (AvgIpc) is 2.31. The molecule has 2 aliphatic rings. The van der Waals surface area contributed by atoms with Gasteiger partial charge < -0.3 is 0 Å². The van der Waals surface area contributed by atoms with Crippen molar-refractivity contribution in [1.82, 2.24) is 0 Å². The van der Waals surface area contributed by atoms with Crippen LogP contribution in [0.1, 0.15) is 64.2 Å². The van der Waals surface area contributed by atoms with Crippen LogP contribution >= 0.6 is 23.2 Å². The van der Waals surface area contributed by atoms with Crippen LogP contribution in [0.15, 0.2) is 0 Å². The third-order valence-electron chi connectivity index (χ3n) is 4.30. The molecule has 0 radical (unpaired) electrons. The molecule has 0 saturated heterocycles. The fourth-order valence-corrected chi connectivity index (χ4v) is 4.18. The fraction of sp³-hybridized carbons (Fsp3) is 1.00. The van der Waals surface area contributed by atoms with Crippen molar-refractivity contribution in [1.29, 1.82) is 0 Å². The minimum Gasteiger partial charge on any atom is -0.101 e. The summed E-state index contributed by atoms with van der Waals surface area (Å²) in [6.07, 6.45) is 13.1. The van der Waals surface area contributed by atoms with Gasteiger partial charge >= 0.3 is 0 Å². The summed E-state index contributed by atoms with van der Waals surface area (Å²) in [5.74, 6) is 1.13. The Bertz CT molecular complexity index is 169. The second-order valence-electron chi connectivity index (χ2n) is 5.34. The van der Waals surface area contributed by atoms with Gasteiger partial charge in [0.15, 0.2) is 0 Å². The number of hydrogen-bond acceptors (Lipinski definition) is 0. The normalized spacial score (nSPS) is 26.8. The average molecular weight is 249 g/mol. The molecule has 0 nitrogen and oxygen atoms in total. The molecule has 0 spiro atoms. The van der Waals surface area contributed by atoms with E-state index in [0.29, 0.717) is 11.8 Å². The van der Waals surface area contributed by atoms with Gasteiger partial charge in [-0.3, -0.25) is 0 Å². The Labute approximate surface area is 104 Å². The summed E-state index contributed by atoms with van der Waals surface area (Å²) in [5.41, 5.74) is 0. The first-order chi connectivity index (χ1) is 7.21. The zero-order valence-electron chi connectivity index (χ0n) is 9.48. The Morgan fingerprint density at radius 2 is 0.933 bits per heavy atom. The minimum atomic E-state index is -0.416. The van der Waals surface area contributed by atoms with Gasteiger partial charge in [0.2, 0.25) is 0 Å². The predicted molar refractivity (Wildman–Crippen MR) is 67.6 cm³/mol. The molecule has 0 aromatic heterocycles. The molecule has 2 rings (SSSR count). The Morgan fingerprint density at radius 1 is 0.600 bits per heavy atom. The smallest absolute Gasteiger partial charge is 0.101 e. The van der Waals surface area contributed by atoms with Crippen LogP contribution in [0, 0.1) is 11.8 Å².